The molecular weight excluding hydrogens is 222 g/mol. The Morgan fingerprint density at radius 3 is 2.78 bits per heavy atom. The smallest absolute Gasteiger partial charge is 0.0515 e. The van der Waals surface area contributed by atoms with Crippen LogP contribution in [-0.2, 0) is 0 Å². The second-order valence-corrected chi connectivity index (χ2v) is 5.23. The Hall–Kier alpha value is -0.900. The summed E-state index contributed by atoms with van der Waals surface area (Å²) in [4.78, 5) is 0. The molecule has 1 aliphatic heterocycles. The van der Waals surface area contributed by atoms with Crippen molar-refractivity contribution in [3.05, 3.63) is 35.4 Å². The van der Waals surface area contributed by atoms with Gasteiger partial charge in [-0.3, -0.25) is 5.43 Å². The van der Waals surface area contributed by atoms with E-state index in [1.165, 1.54) is 24.0 Å². The summed E-state index contributed by atoms with van der Waals surface area (Å²) in [7, 11) is 0. The summed E-state index contributed by atoms with van der Waals surface area (Å²) < 4.78 is 0. The number of hydrogen-bond donors (Lipinski definition) is 3. The Morgan fingerprint density at radius 2 is 2.06 bits per heavy atom. The molecule has 18 heavy (non-hydrogen) atoms. The summed E-state index contributed by atoms with van der Waals surface area (Å²) >= 11 is 0. The zero-order valence-electron chi connectivity index (χ0n) is 11.5. The molecule has 3 nitrogen and oxygen atoms in total. The SMILES string of the molecule is CCCCNCC1CNNC1c1ccc(C)cc1. The van der Waals surface area contributed by atoms with Gasteiger partial charge in [0.25, 0.3) is 0 Å². The summed E-state index contributed by atoms with van der Waals surface area (Å²) in [6, 6.07) is 9.28. The molecule has 3 N–H and O–H groups in total. The van der Waals surface area contributed by atoms with Crippen molar-refractivity contribution in [3.8, 4) is 0 Å². The first-order valence-corrected chi connectivity index (χ1v) is 7.07. The van der Waals surface area contributed by atoms with E-state index in [0.29, 0.717) is 12.0 Å². The second-order valence-electron chi connectivity index (χ2n) is 5.23. The minimum Gasteiger partial charge on any atom is -0.316 e. The standard InChI is InChI=1S/C15H25N3/c1-3-4-9-16-10-14-11-17-18-15(14)13-7-5-12(2)6-8-13/h5-8,14-18H,3-4,9-11H2,1-2H3. The van der Waals surface area contributed by atoms with Crippen LogP contribution in [0.1, 0.15) is 36.9 Å². The quantitative estimate of drug-likeness (QED) is 0.674. The normalized spacial score (nSPS) is 23.4. The summed E-state index contributed by atoms with van der Waals surface area (Å²) in [5.74, 6) is 0.629. The van der Waals surface area contributed by atoms with Gasteiger partial charge in [-0.1, -0.05) is 43.2 Å². The highest BCUT2D eigenvalue weighted by Gasteiger charge is 2.27. The fourth-order valence-corrected chi connectivity index (χ4v) is 2.44. The molecule has 0 saturated carbocycles. The first-order chi connectivity index (χ1) is 8.81. The molecule has 0 radical (unpaired) electrons. The van der Waals surface area contributed by atoms with Crippen molar-refractivity contribution >= 4 is 0 Å². The molecule has 2 rings (SSSR count). The molecule has 1 aliphatic rings. The Labute approximate surface area is 110 Å². The van der Waals surface area contributed by atoms with Gasteiger partial charge in [0.15, 0.2) is 0 Å². The highest BCUT2D eigenvalue weighted by atomic mass is 15.4. The van der Waals surface area contributed by atoms with Gasteiger partial charge in [0, 0.05) is 19.0 Å². The Balaban J connectivity index is 1.88. The zero-order chi connectivity index (χ0) is 12.8. The number of hydrogen-bond acceptors (Lipinski definition) is 3. The van der Waals surface area contributed by atoms with Gasteiger partial charge >= 0.3 is 0 Å². The van der Waals surface area contributed by atoms with Gasteiger partial charge in [-0.15, -0.1) is 0 Å². The fourth-order valence-electron chi connectivity index (χ4n) is 2.44. The summed E-state index contributed by atoms with van der Waals surface area (Å²) in [5, 5.41) is 3.56. The van der Waals surface area contributed by atoms with E-state index in [1.807, 2.05) is 0 Å². The number of nitrogens with one attached hydrogen (secondary N) is 3. The van der Waals surface area contributed by atoms with Crippen molar-refractivity contribution in [1.29, 1.82) is 0 Å². The number of aryl methyl sites for hydroxylation is 1. The van der Waals surface area contributed by atoms with Crippen molar-refractivity contribution < 1.29 is 0 Å². The van der Waals surface area contributed by atoms with Gasteiger partial charge in [-0.2, -0.15) is 0 Å². The van der Waals surface area contributed by atoms with Crippen molar-refractivity contribution in [2.45, 2.75) is 32.7 Å². The number of unbranched alkanes of at least 4 members (excludes halogenated alkanes) is 1. The second kappa shape index (κ2) is 6.88. The van der Waals surface area contributed by atoms with Crippen LogP contribution in [0, 0.1) is 12.8 Å². The van der Waals surface area contributed by atoms with Crippen LogP contribution in [0.2, 0.25) is 0 Å². The highest BCUT2D eigenvalue weighted by Crippen LogP contribution is 2.24. The number of benzene rings is 1. The van der Waals surface area contributed by atoms with E-state index >= 15 is 0 Å². The highest BCUT2D eigenvalue weighted by molar-refractivity contribution is 5.25. The van der Waals surface area contributed by atoms with Gasteiger partial charge < -0.3 is 5.32 Å². The lowest BCUT2D eigenvalue weighted by atomic mass is 9.94. The Kier molecular flexibility index (Phi) is 5.17. The van der Waals surface area contributed by atoms with Crippen LogP contribution in [-0.4, -0.2) is 19.6 Å². The third kappa shape index (κ3) is 3.55. The van der Waals surface area contributed by atoms with Crippen LogP contribution in [0.4, 0.5) is 0 Å². The van der Waals surface area contributed by atoms with Crippen LogP contribution in [0.5, 0.6) is 0 Å². The molecular formula is C15H25N3. The average Bonchev–Trinajstić information content (AvgIpc) is 2.84. The van der Waals surface area contributed by atoms with Crippen LogP contribution in [0.15, 0.2) is 24.3 Å². The maximum Gasteiger partial charge on any atom is 0.0515 e. The molecule has 3 heteroatoms. The van der Waals surface area contributed by atoms with Crippen molar-refractivity contribution in [2.24, 2.45) is 5.92 Å². The van der Waals surface area contributed by atoms with Crippen LogP contribution >= 0.6 is 0 Å². The van der Waals surface area contributed by atoms with E-state index in [0.717, 1.165) is 19.6 Å². The monoisotopic (exact) mass is 247 g/mol. The van der Waals surface area contributed by atoms with E-state index < -0.39 is 0 Å². The van der Waals surface area contributed by atoms with Crippen LogP contribution < -0.4 is 16.2 Å². The van der Waals surface area contributed by atoms with Gasteiger partial charge in [-0.05, 0) is 25.5 Å². The predicted octanol–water partition coefficient (Wildman–Crippen LogP) is 2.15. The molecule has 0 aliphatic carbocycles. The molecule has 0 spiro atoms. The van der Waals surface area contributed by atoms with Crippen molar-refractivity contribution in [1.82, 2.24) is 16.2 Å². The van der Waals surface area contributed by atoms with Gasteiger partial charge in [0.2, 0.25) is 0 Å². The van der Waals surface area contributed by atoms with E-state index in [2.05, 4.69) is 54.3 Å². The summed E-state index contributed by atoms with van der Waals surface area (Å²) in [5.41, 5.74) is 9.38. The van der Waals surface area contributed by atoms with E-state index in [-0.39, 0.29) is 0 Å². The van der Waals surface area contributed by atoms with Crippen molar-refractivity contribution in [2.75, 3.05) is 19.6 Å². The topological polar surface area (TPSA) is 36.1 Å². The Bertz CT molecular complexity index is 347. The molecule has 1 aromatic carbocycles. The number of rotatable bonds is 6. The molecule has 1 fully saturated rings. The molecule has 1 saturated heterocycles. The maximum absolute atomic E-state index is 3.56. The van der Waals surface area contributed by atoms with Crippen LogP contribution in [0.25, 0.3) is 0 Å². The molecule has 0 aromatic heterocycles. The van der Waals surface area contributed by atoms with E-state index in [4.69, 9.17) is 0 Å². The first kappa shape index (κ1) is 13.5. The number of hydrazine groups is 1. The lowest BCUT2D eigenvalue weighted by Gasteiger charge is -2.19. The fraction of sp³-hybridized carbons (Fsp3) is 0.600. The molecule has 0 bridgehead atoms. The zero-order valence-corrected chi connectivity index (χ0v) is 11.5. The van der Waals surface area contributed by atoms with E-state index in [1.54, 1.807) is 0 Å². The summed E-state index contributed by atoms with van der Waals surface area (Å²) in [6.45, 7) is 7.62. The molecule has 1 aromatic rings. The molecule has 0 amide bonds. The van der Waals surface area contributed by atoms with Gasteiger partial charge in [0.05, 0.1) is 6.04 Å². The minimum atomic E-state index is 0.430. The predicted molar refractivity (Wildman–Crippen MR) is 76.3 cm³/mol. The third-order valence-corrected chi connectivity index (χ3v) is 3.64. The first-order valence-electron chi connectivity index (χ1n) is 7.07. The lowest BCUT2D eigenvalue weighted by molar-refractivity contribution is 0.440. The third-order valence-electron chi connectivity index (χ3n) is 3.64. The average molecular weight is 247 g/mol. The van der Waals surface area contributed by atoms with Crippen LogP contribution in [0.3, 0.4) is 0 Å². The summed E-state index contributed by atoms with van der Waals surface area (Å²) in [6.07, 6.45) is 2.53. The van der Waals surface area contributed by atoms with Gasteiger partial charge in [0.1, 0.15) is 0 Å². The molecule has 1 heterocycles. The largest absolute Gasteiger partial charge is 0.316 e. The molecule has 100 valence electrons. The molecule has 2 atom stereocenters. The van der Waals surface area contributed by atoms with E-state index in [9.17, 15) is 0 Å². The maximum atomic E-state index is 3.56. The van der Waals surface area contributed by atoms with Crippen molar-refractivity contribution in [3.63, 3.8) is 0 Å². The minimum absolute atomic E-state index is 0.430. The Morgan fingerprint density at radius 1 is 1.28 bits per heavy atom. The van der Waals surface area contributed by atoms with Gasteiger partial charge in [-0.25, -0.2) is 5.43 Å². The molecule has 2 unspecified atom stereocenters. The lowest BCUT2D eigenvalue weighted by Crippen LogP contribution is -2.29.